The summed E-state index contributed by atoms with van der Waals surface area (Å²) in [7, 11) is 0. The van der Waals surface area contributed by atoms with E-state index in [0.29, 0.717) is 23.5 Å². The Bertz CT molecular complexity index is 1320. The Labute approximate surface area is 202 Å². The lowest BCUT2D eigenvalue weighted by Gasteiger charge is -2.25. The summed E-state index contributed by atoms with van der Waals surface area (Å²) in [6.45, 7) is 0.488. The minimum atomic E-state index is -0.398. The van der Waals surface area contributed by atoms with Crippen LogP contribution >= 0.6 is 0 Å². The summed E-state index contributed by atoms with van der Waals surface area (Å²) >= 11 is 0. The topological polar surface area (TPSA) is 109 Å². The number of phenols is 1. The Balaban J connectivity index is 1.37. The van der Waals surface area contributed by atoms with Crippen molar-refractivity contribution in [2.45, 2.75) is 31.6 Å². The second-order valence-electron chi connectivity index (χ2n) is 8.62. The van der Waals surface area contributed by atoms with E-state index >= 15 is 0 Å². The molecule has 35 heavy (non-hydrogen) atoms. The third-order valence-corrected chi connectivity index (χ3v) is 6.26. The molecule has 2 heterocycles. The minimum absolute atomic E-state index is 0.00953. The fraction of sp³-hybridized carbons (Fsp3) is 0.222. The number of hydrogen-bond acceptors (Lipinski definition) is 5. The van der Waals surface area contributed by atoms with Crippen LogP contribution in [0.15, 0.2) is 77.4 Å². The van der Waals surface area contributed by atoms with Crippen molar-refractivity contribution in [2.75, 3.05) is 11.9 Å². The average Bonchev–Trinajstić information content (AvgIpc) is 3.51. The summed E-state index contributed by atoms with van der Waals surface area (Å²) in [5, 5.41) is 20.8. The number of carbonyl (C=O) groups is 2. The van der Waals surface area contributed by atoms with E-state index in [2.05, 4.69) is 15.7 Å². The van der Waals surface area contributed by atoms with E-state index < -0.39 is 5.91 Å². The number of phenolic OH excluding ortho intramolecular Hbond substituents is 1. The number of nitrogens with zero attached hydrogens (tertiary/aromatic N) is 2. The molecule has 1 saturated carbocycles. The Kier molecular flexibility index (Phi) is 6.34. The zero-order valence-corrected chi connectivity index (χ0v) is 19.1. The van der Waals surface area contributed by atoms with Gasteiger partial charge in [0.2, 0.25) is 0 Å². The van der Waals surface area contributed by atoms with E-state index in [1.807, 2.05) is 36.4 Å². The number of benzene rings is 2. The van der Waals surface area contributed by atoms with Gasteiger partial charge in [-0.2, -0.15) is 9.78 Å². The summed E-state index contributed by atoms with van der Waals surface area (Å²) in [6.07, 6.45) is 5.25. The molecule has 8 heteroatoms. The lowest BCUT2D eigenvalue weighted by atomic mass is 9.82. The summed E-state index contributed by atoms with van der Waals surface area (Å²) in [5.74, 6) is 0.0452. The van der Waals surface area contributed by atoms with Crippen LogP contribution < -0.4 is 10.6 Å². The zero-order chi connectivity index (χ0) is 24.2. The molecule has 1 fully saturated rings. The molecule has 2 aromatic heterocycles. The largest absolute Gasteiger partial charge is 0.507 e. The molecule has 178 valence electrons. The molecule has 1 aliphatic carbocycles. The predicted molar refractivity (Wildman–Crippen MR) is 132 cm³/mol. The number of carbonyl (C=O) groups excluding carboxylic acids is 2. The Morgan fingerprint density at radius 1 is 1.06 bits per heavy atom. The molecule has 0 saturated heterocycles. The molecule has 5 rings (SSSR count). The number of amides is 2. The van der Waals surface area contributed by atoms with E-state index in [9.17, 15) is 14.7 Å². The highest BCUT2D eigenvalue weighted by Crippen LogP contribution is 2.39. The monoisotopic (exact) mass is 470 g/mol. The Morgan fingerprint density at radius 2 is 1.89 bits per heavy atom. The van der Waals surface area contributed by atoms with E-state index in [0.717, 1.165) is 36.9 Å². The Hall–Kier alpha value is -4.33. The molecular formula is C27H26N4O4. The van der Waals surface area contributed by atoms with Gasteiger partial charge < -0.3 is 20.2 Å². The first-order chi connectivity index (χ1) is 17.1. The SMILES string of the molecule is O=C(Nc1ccc(O)c(-c2cc(C3CCC3)n(C(=O)NCCc3ccccc3)n2)c1)c1ccco1. The first-order valence-electron chi connectivity index (χ1n) is 11.7. The van der Waals surface area contributed by atoms with Crippen LogP contribution in [-0.2, 0) is 6.42 Å². The van der Waals surface area contributed by atoms with Crippen LogP contribution in [0.25, 0.3) is 11.3 Å². The van der Waals surface area contributed by atoms with Crippen molar-refractivity contribution < 1.29 is 19.1 Å². The quantitative estimate of drug-likeness (QED) is 0.323. The van der Waals surface area contributed by atoms with E-state index in [-0.39, 0.29) is 23.5 Å². The zero-order valence-electron chi connectivity index (χ0n) is 19.1. The van der Waals surface area contributed by atoms with Crippen LogP contribution in [0.4, 0.5) is 10.5 Å². The molecule has 0 spiro atoms. The molecule has 3 N–H and O–H groups in total. The van der Waals surface area contributed by atoms with Crippen LogP contribution in [-0.4, -0.2) is 33.4 Å². The number of furan rings is 1. The van der Waals surface area contributed by atoms with E-state index in [1.165, 1.54) is 17.0 Å². The van der Waals surface area contributed by atoms with Gasteiger partial charge in [0.1, 0.15) is 5.75 Å². The highest BCUT2D eigenvalue weighted by molar-refractivity contribution is 6.02. The summed E-state index contributed by atoms with van der Waals surface area (Å²) < 4.78 is 6.55. The highest BCUT2D eigenvalue weighted by Gasteiger charge is 2.27. The van der Waals surface area contributed by atoms with Gasteiger partial charge in [0.25, 0.3) is 5.91 Å². The van der Waals surface area contributed by atoms with Crippen molar-refractivity contribution in [1.82, 2.24) is 15.1 Å². The molecule has 0 unspecified atom stereocenters. The number of rotatable bonds is 7. The lowest BCUT2D eigenvalue weighted by molar-refractivity contribution is 0.0996. The first kappa shape index (κ1) is 22.5. The third kappa shape index (κ3) is 4.96. The van der Waals surface area contributed by atoms with Gasteiger partial charge in [0.05, 0.1) is 17.7 Å². The van der Waals surface area contributed by atoms with Gasteiger partial charge in [0, 0.05) is 23.7 Å². The molecule has 1 aliphatic rings. The maximum atomic E-state index is 13.0. The maximum Gasteiger partial charge on any atom is 0.342 e. The predicted octanol–water partition coefficient (Wildman–Crippen LogP) is 5.17. The third-order valence-electron chi connectivity index (χ3n) is 6.26. The van der Waals surface area contributed by atoms with E-state index in [1.54, 1.807) is 24.3 Å². The van der Waals surface area contributed by atoms with Crippen molar-refractivity contribution in [1.29, 1.82) is 0 Å². The van der Waals surface area contributed by atoms with Crippen LogP contribution in [0.3, 0.4) is 0 Å². The van der Waals surface area contributed by atoms with Crippen molar-refractivity contribution in [3.05, 3.63) is 90.0 Å². The second kappa shape index (κ2) is 9.89. The molecule has 0 atom stereocenters. The van der Waals surface area contributed by atoms with Gasteiger partial charge >= 0.3 is 6.03 Å². The summed E-state index contributed by atoms with van der Waals surface area (Å²) in [5.41, 5.74) is 3.35. The number of aromatic hydroxyl groups is 1. The standard InChI is InChI=1S/C27H26N4O4/c32-24-12-11-20(29-26(33)25-10-5-15-35-25)16-21(24)22-17-23(19-8-4-9-19)31(30-22)27(34)28-14-13-18-6-2-1-3-7-18/h1-3,5-7,10-12,15-17,19,32H,4,8-9,13-14H2,(H,28,34)(H,29,33). The normalized spacial score (nSPS) is 13.3. The first-order valence-corrected chi connectivity index (χ1v) is 11.7. The van der Waals surface area contributed by atoms with Crippen LogP contribution in [0, 0.1) is 0 Å². The maximum absolute atomic E-state index is 13.0. The summed E-state index contributed by atoms with van der Waals surface area (Å²) in [6, 6.07) is 19.5. The van der Waals surface area contributed by atoms with Gasteiger partial charge in [-0.1, -0.05) is 36.8 Å². The van der Waals surface area contributed by atoms with Crippen LogP contribution in [0.1, 0.15) is 47.0 Å². The van der Waals surface area contributed by atoms with Gasteiger partial charge in [0.15, 0.2) is 5.76 Å². The second-order valence-corrected chi connectivity index (χ2v) is 8.62. The van der Waals surface area contributed by atoms with Gasteiger partial charge in [-0.15, -0.1) is 0 Å². The number of aromatic nitrogens is 2. The van der Waals surface area contributed by atoms with Crippen LogP contribution in [0.2, 0.25) is 0 Å². The number of anilines is 1. The fourth-order valence-electron chi connectivity index (χ4n) is 4.14. The fourth-order valence-corrected chi connectivity index (χ4v) is 4.14. The molecule has 0 aliphatic heterocycles. The molecular weight excluding hydrogens is 444 g/mol. The molecule has 0 radical (unpaired) electrons. The van der Waals surface area contributed by atoms with Crippen molar-refractivity contribution >= 4 is 17.6 Å². The van der Waals surface area contributed by atoms with Crippen LogP contribution in [0.5, 0.6) is 5.75 Å². The Morgan fingerprint density at radius 3 is 2.60 bits per heavy atom. The lowest BCUT2D eigenvalue weighted by Crippen LogP contribution is -2.33. The highest BCUT2D eigenvalue weighted by atomic mass is 16.3. The molecule has 4 aromatic rings. The van der Waals surface area contributed by atoms with Crippen molar-refractivity contribution in [3.8, 4) is 17.0 Å². The molecule has 2 aromatic carbocycles. The van der Waals surface area contributed by atoms with E-state index in [4.69, 9.17) is 4.42 Å². The van der Waals surface area contributed by atoms with Crippen molar-refractivity contribution in [3.63, 3.8) is 0 Å². The van der Waals surface area contributed by atoms with Gasteiger partial charge in [-0.05, 0) is 61.2 Å². The molecule has 8 nitrogen and oxygen atoms in total. The molecule has 0 bridgehead atoms. The van der Waals surface area contributed by atoms with Gasteiger partial charge in [-0.3, -0.25) is 4.79 Å². The van der Waals surface area contributed by atoms with Crippen molar-refractivity contribution in [2.24, 2.45) is 0 Å². The number of nitrogens with one attached hydrogen (secondary N) is 2. The number of hydrogen-bond donors (Lipinski definition) is 3. The average molecular weight is 471 g/mol. The minimum Gasteiger partial charge on any atom is -0.507 e. The van der Waals surface area contributed by atoms with Gasteiger partial charge in [-0.25, -0.2) is 4.79 Å². The molecule has 2 amide bonds. The smallest absolute Gasteiger partial charge is 0.342 e. The summed E-state index contributed by atoms with van der Waals surface area (Å²) in [4.78, 5) is 25.4.